The van der Waals surface area contributed by atoms with Crippen molar-refractivity contribution in [2.24, 2.45) is 0 Å². The van der Waals surface area contributed by atoms with Gasteiger partial charge in [0.15, 0.2) is 0 Å². The first-order chi connectivity index (χ1) is 9.06. The van der Waals surface area contributed by atoms with Gasteiger partial charge in [-0.25, -0.2) is 0 Å². The minimum atomic E-state index is -0.169. The highest BCUT2D eigenvalue weighted by atomic mass is 79.9. The molecule has 0 saturated carbocycles. The Morgan fingerprint density at radius 2 is 2.11 bits per heavy atom. The number of aryl methyl sites for hydroxylation is 2. The zero-order chi connectivity index (χ0) is 14.0. The van der Waals surface area contributed by atoms with Crippen molar-refractivity contribution < 1.29 is 4.74 Å². The van der Waals surface area contributed by atoms with Crippen molar-refractivity contribution in [2.45, 2.75) is 25.6 Å². The number of benzene rings is 1. The van der Waals surface area contributed by atoms with Gasteiger partial charge in [0.25, 0.3) is 0 Å². The van der Waals surface area contributed by atoms with Crippen LogP contribution in [-0.2, 0) is 6.42 Å². The second kappa shape index (κ2) is 6.29. The molecular formula is C15H16BrClOS. The summed E-state index contributed by atoms with van der Waals surface area (Å²) in [7, 11) is 1.68. The van der Waals surface area contributed by atoms with E-state index >= 15 is 0 Å². The molecule has 0 spiro atoms. The summed E-state index contributed by atoms with van der Waals surface area (Å²) < 4.78 is 6.51. The van der Waals surface area contributed by atoms with Gasteiger partial charge in [-0.05, 0) is 43.2 Å². The van der Waals surface area contributed by atoms with E-state index < -0.39 is 0 Å². The van der Waals surface area contributed by atoms with Gasteiger partial charge in [0.1, 0.15) is 5.75 Å². The van der Waals surface area contributed by atoms with E-state index in [0.717, 1.165) is 32.6 Å². The third kappa shape index (κ3) is 3.15. The molecule has 1 aromatic heterocycles. The SMILES string of the molecule is CCc1ccc(C(Cl)c2cc(Br)c(C)cc2OC)s1. The maximum atomic E-state index is 6.62. The summed E-state index contributed by atoms with van der Waals surface area (Å²) in [6.45, 7) is 4.20. The summed E-state index contributed by atoms with van der Waals surface area (Å²) in [5, 5.41) is -0.169. The van der Waals surface area contributed by atoms with Crippen molar-refractivity contribution >= 4 is 38.9 Å². The molecule has 102 valence electrons. The molecule has 0 aliphatic carbocycles. The number of rotatable bonds is 4. The van der Waals surface area contributed by atoms with Crippen molar-refractivity contribution in [1.29, 1.82) is 0 Å². The average molecular weight is 360 g/mol. The lowest BCUT2D eigenvalue weighted by atomic mass is 10.1. The summed E-state index contributed by atoms with van der Waals surface area (Å²) in [6, 6.07) is 8.32. The number of halogens is 2. The molecule has 1 atom stereocenters. The maximum Gasteiger partial charge on any atom is 0.124 e. The van der Waals surface area contributed by atoms with Gasteiger partial charge >= 0.3 is 0 Å². The summed E-state index contributed by atoms with van der Waals surface area (Å²) in [5.74, 6) is 0.840. The number of alkyl halides is 1. The number of thiophene rings is 1. The molecule has 0 fully saturated rings. The molecule has 0 bridgehead atoms. The van der Waals surface area contributed by atoms with Gasteiger partial charge in [0, 0.05) is 19.8 Å². The number of ether oxygens (including phenoxy) is 1. The number of hydrogen-bond donors (Lipinski definition) is 0. The van der Waals surface area contributed by atoms with Crippen LogP contribution in [-0.4, -0.2) is 7.11 Å². The Morgan fingerprint density at radius 3 is 2.68 bits per heavy atom. The Bertz CT molecular complexity index is 580. The number of hydrogen-bond acceptors (Lipinski definition) is 2. The van der Waals surface area contributed by atoms with Crippen molar-refractivity contribution in [3.63, 3.8) is 0 Å². The fourth-order valence-corrected chi connectivity index (χ4v) is 3.61. The molecule has 2 aromatic rings. The molecule has 2 rings (SSSR count). The predicted octanol–water partition coefficient (Wildman–Crippen LogP) is 5.72. The van der Waals surface area contributed by atoms with Gasteiger partial charge in [-0.1, -0.05) is 22.9 Å². The fourth-order valence-electron chi connectivity index (χ4n) is 1.92. The van der Waals surface area contributed by atoms with Crippen LogP contribution in [0, 0.1) is 6.92 Å². The Balaban J connectivity index is 2.42. The summed E-state index contributed by atoms with van der Waals surface area (Å²) in [6.07, 6.45) is 1.04. The molecule has 1 unspecified atom stereocenters. The standard InChI is InChI=1S/C15H16BrClOS/c1-4-10-5-6-14(19-10)15(17)11-8-12(16)9(2)7-13(11)18-3/h5-8,15H,4H2,1-3H3. The molecule has 4 heteroatoms. The molecule has 19 heavy (non-hydrogen) atoms. The molecule has 0 saturated heterocycles. The van der Waals surface area contributed by atoms with Crippen LogP contribution in [0.25, 0.3) is 0 Å². The van der Waals surface area contributed by atoms with Gasteiger partial charge in [-0.15, -0.1) is 22.9 Å². The molecule has 1 nitrogen and oxygen atoms in total. The molecule has 1 heterocycles. The molecular weight excluding hydrogens is 344 g/mol. The Labute approximate surface area is 131 Å². The van der Waals surface area contributed by atoms with Crippen LogP contribution in [0.5, 0.6) is 5.75 Å². The van der Waals surface area contributed by atoms with Gasteiger partial charge in [-0.2, -0.15) is 0 Å². The highest BCUT2D eigenvalue weighted by molar-refractivity contribution is 9.10. The lowest BCUT2D eigenvalue weighted by Gasteiger charge is -2.14. The van der Waals surface area contributed by atoms with E-state index in [4.69, 9.17) is 16.3 Å². The van der Waals surface area contributed by atoms with Crippen molar-refractivity contribution in [1.82, 2.24) is 0 Å². The zero-order valence-electron chi connectivity index (χ0n) is 11.2. The van der Waals surface area contributed by atoms with E-state index in [2.05, 4.69) is 41.1 Å². The first kappa shape index (κ1) is 14.9. The Kier molecular flexibility index (Phi) is 4.93. The molecule has 1 aromatic carbocycles. The minimum Gasteiger partial charge on any atom is -0.496 e. The Morgan fingerprint density at radius 1 is 1.37 bits per heavy atom. The van der Waals surface area contributed by atoms with E-state index in [1.54, 1.807) is 18.4 Å². The van der Waals surface area contributed by atoms with Crippen LogP contribution < -0.4 is 4.74 Å². The second-order valence-electron chi connectivity index (χ2n) is 4.36. The first-order valence-electron chi connectivity index (χ1n) is 6.13. The van der Waals surface area contributed by atoms with Crippen molar-refractivity contribution in [2.75, 3.05) is 7.11 Å². The average Bonchev–Trinajstić information content (AvgIpc) is 2.89. The minimum absolute atomic E-state index is 0.169. The third-order valence-corrected chi connectivity index (χ3v) is 5.81. The van der Waals surface area contributed by atoms with Crippen LogP contribution in [0.4, 0.5) is 0 Å². The second-order valence-corrected chi connectivity index (χ2v) is 6.85. The first-order valence-corrected chi connectivity index (χ1v) is 8.18. The largest absolute Gasteiger partial charge is 0.496 e. The third-order valence-electron chi connectivity index (χ3n) is 3.06. The van der Waals surface area contributed by atoms with E-state index in [1.165, 1.54) is 4.88 Å². The summed E-state index contributed by atoms with van der Waals surface area (Å²) in [4.78, 5) is 2.51. The van der Waals surface area contributed by atoms with Gasteiger partial charge in [0.2, 0.25) is 0 Å². The molecule has 0 amide bonds. The van der Waals surface area contributed by atoms with Crippen LogP contribution >= 0.6 is 38.9 Å². The van der Waals surface area contributed by atoms with E-state index in [0.29, 0.717) is 0 Å². The topological polar surface area (TPSA) is 9.23 Å². The van der Waals surface area contributed by atoms with Gasteiger partial charge in [-0.3, -0.25) is 0 Å². The quantitative estimate of drug-likeness (QED) is 0.634. The van der Waals surface area contributed by atoms with Crippen LogP contribution in [0.3, 0.4) is 0 Å². The molecule has 0 radical (unpaired) electrons. The molecule has 0 aliphatic heterocycles. The Hall–Kier alpha value is -0.510. The fraction of sp³-hybridized carbons (Fsp3) is 0.333. The van der Waals surface area contributed by atoms with Crippen LogP contribution in [0.15, 0.2) is 28.7 Å². The summed E-state index contributed by atoms with van der Waals surface area (Å²) in [5.41, 5.74) is 2.15. The smallest absolute Gasteiger partial charge is 0.124 e. The maximum absolute atomic E-state index is 6.62. The highest BCUT2D eigenvalue weighted by Gasteiger charge is 2.18. The van der Waals surface area contributed by atoms with Crippen LogP contribution in [0.1, 0.15) is 33.2 Å². The molecule has 0 N–H and O–H groups in total. The van der Waals surface area contributed by atoms with E-state index in [-0.39, 0.29) is 5.38 Å². The zero-order valence-corrected chi connectivity index (χ0v) is 14.3. The van der Waals surface area contributed by atoms with Crippen molar-refractivity contribution in [3.8, 4) is 5.75 Å². The van der Waals surface area contributed by atoms with Crippen LogP contribution in [0.2, 0.25) is 0 Å². The van der Waals surface area contributed by atoms with E-state index in [1.807, 2.05) is 13.0 Å². The normalized spacial score (nSPS) is 12.5. The lowest BCUT2D eigenvalue weighted by molar-refractivity contribution is 0.410. The number of methoxy groups -OCH3 is 1. The lowest BCUT2D eigenvalue weighted by Crippen LogP contribution is -1.97. The molecule has 0 aliphatic rings. The summed E-state index contributed by atoms with van der Waals surface area (Å²) >= 11 is 11.9. The highest BCUT2D eigenvalue weighted by Crippen LogP contribution is 2.40. The van der Waals surface area contributed by atoms with Gasteiger partial charge in [0.05, 0.1) is 12.5 Å². The van der Waals surface area contributed by atoms with Gasteiger partial charge < -0.3 is 4.74 Å². The van der Waals surface area contributed by atoms with Crippen molar-refractivity contribution in [3.05, 3.63) is 49.6 Å². The predicted molar refractivity (Wildman–Crippen MR) is 86.8 cm³/mol. The van der Waals surface area contributed by atoms with E-state index in [9.17, 15) is 0 Å². The monoisotopic (exact) mass is 358 g/mol.